The van der Waals surface area contributed by atoms with E-state index in [1.165, 1.54) is 0 Å². The minimum absolute atomic E-state index is 0.0832. The van der Waals surface area contributed by atoms with Gasteiger partial charge in [-0.05, 0) is 32.3 Å². The Kier molecular flexibility index (Phi) is 7.05. The lowest BCUT2D eigenvalue weighted by molar-refractivity contribution is 0.0756. The molecule has 20 heavy (non-hydrogen) atoms. The fourth-order valence-corrected chi connectivity index (χ4v) is 2.16. The third-order valence-electron chi connectivity index (χ3n) is 3.11. The zero-order valence-electron chi connectivity index (χ0n) is 13.2. The van der Waals surface area contributed by atoms with E-state index in [1.807, 2.05) is 17.9 Å². The molecule has 0 atom stereocenters. The highest BCUT2D eigenvalue weighted by atomic mass is 16.2. The fraction of sp³-hybridized carbons (Fsp3) is 0.625. The van der Waals surface area contributed by atoms with Gasteiger partial charge in [-0.3, -0.25) is 9.78 Å². The van der Waals surface area contributed by atoms with Crippen LogP contribution in [0.5, 0.6) is 0 Å². The van der Waals surface area contributed by atoms with Crippen molar-refractivity contribution in [3.8, 4) is 0 Å². The highest BCUT2D eigenvalue weighted by Crippen LogP contribution is 2.18. The summed E-state index contributed by atoms with van der Waals surface area (Å²) in [5.41, 5.74) is 2.52. The second-order valence-corrected chi connectivity index (χ2v) is 5.09. The van der Waals surface area contributed by atoms with Crippen LogP contribution in [0.2, 0.25) is 0 Å². The molecular formula is C16H27N3O. The molecule has 1 aromatic rings. The number of carbonyl (C=O) groups excluding carboxylic acids is 1. The van der Waals surface area contributed by atoms with E-state index in [1.54, 1.807) is 6.20 Å². The van der Waals surface area contributed by atoms with Crippen LogP contribution in [0.25, 0.3) is 0 Å². The van der Waals surface area contributed by atoms with Crippen LogP contribution in [0, 0.1) is 6.92 Å². The zero-order chi connectivity index (χ0) is 15.0. The number of pyridine rings is 1. The molecule has 0 aliphatic carbocycles. The number of carbonyl (C=O) groups is 1. The Bertz CT molecular complexity index is 426. The first-order valence-corrected chi connectivity index (χ1v) is 7.63. The average Bonchev–Trinajstić information content (AvgIpc) is 2.44. The second kappa shape index (κ2) is 8.56. The molecule has 0 radical (unpaired) electrons. The topological polar surface area (TPSA) is 45.2 Å². The molecule has 0 bridgehead atoms. The summed E-state index contributed by atoms with van der Waals surface area (Å²) >= 11 is 0. The Labute approximate surface area is 122 Å². The number of amides is 1. The summed E-state index contributed by atoms with van der Waals surface area (Å²) in [4.78, 5) is 18.9. The SMILES string of the molecule is CCCNc1cc(C)ncc1C(=O)N(CCC)CCC. The maximum absolute atomic E-state index is 12.7. The standard InChI is InChI=1S/C16H27N3O/c1-5-8-17-15-11-13(4)18-12-14(15)16(20)19(9-6-2)10-7-3/h11-12H,5-10H2,1-4H3,(H,17,18). The molecule has 1 amide bonds. The van der Waals surface area contributed by atoms with E-state index in [0.29, 0.717) is 5.56 Å². The monoisotopic (exact) mass is 277 g/mol. The highest BCUT2D eigenvalue weighted by molar-refractivity contribution is 5.99. The lowest BCUT2D eigenvalue weighted by Gasteiger charge is -2.23. The molecule has 0 spiro atoms. The van der Waals surface area contributed by atoms with E-state index in [-0.39, 0.29) is 5.91 Å². The minimum atomic E-state index is 0.0832. The molecule has 1 heterocycles. The lowest BCUT2D eigenvalue weighted by atomic mass is 10.1. The van der Waals surface area contributed by atoms with Gasteiger partial charge in [0.2, 0.25) is 0 Å². The van der Waals surface area contributed by atoms with Gasteiger partial charge >= 0.3 is 0 Å². The largest absolute Gasteiger partial charge is 0.384 e. The van der Waals surface area contributed by atoms with Crippen molar-refractivity contribution in [1.82, 2.24) is 9.88 Å². The summed E-state index contributed by atoms with van der Waals surface area (Å²) in [6.45, 7) is 10.7. The van der Waals surface area contributed by atoms with Crippen molar-refractivity contribution in [1.29, 1.82) is 0 Å². The number of hydrogen-bond donors (Lipinski definition) is 1. The van der Waals surface area contributed by atoms with Crippen LogP contribution in [0.15, 0.2) is 12.3 Å². The van der Waals surface area contributed by atoms with Gasteiger partial charge in [-0.15, -0.1) is 0 Å². The number of rotatable bonds is 8. The number of hydrogen-bond acceptors (Lipinski definition) is 3. The maximum atomic E-state index is 12.7. The van der Waals surface area contributed by atoms with Crippen LogP contribution in [0.3, 0.4) is 0 Å². The van der Waals surface area contributed by atoms with Gasteiger partial charge < -0.3 is 10.2 Å². The van der Waals surface area contributed by atoms with Gasteiger partial charge in [0, 0.05) is 31.5 Å². The molecule has 0 aliphatic heterocycles. The van der Waals surface area contributed by atoms with Gasteiger partial charge in [0.05, 0.1) is 11.3 Å². The number of nitrogens with zero attached hydrogens (tertiary/aromatic N) is 2. The summed E-state index contributed by atoms with van der Waals surface area (Å²) in [6.07, 6.45) is 4.68. The molecule has 0 aliphatic rings. The van der Waals surface area contributed by atoms with Gasteiger partial charge in [-0.2, -0.15) is 0 Å². The Morgan fingerprint density at radius 2 is 1.85 bits per heavy atom. The van der Waals surface area contributed by atoms with E-state index in [4.69, 9.17) is 0 Å². The van der Waals surface area contributed by atoms with E-state index < -0.39 is 0 Å². The summed E-state index contributed by atoms with van der Waals surface area (Å²) in [5.74, 6) is 0.0832. The van der Waals surface area contributed by atoms with Crippen LogP contribution < -0.4 is 5.32 Å². The smallest absolute Gasteiger partial charge is 0.257 e. The van der Waals surface area contributed by atoms with Crippen molar-refractivity contribution in [2.75, 3.05) is 25.0 Å². The van der Waals surface area contributed by atoms with Crippen LogP contribution in [-0.2, 0) is 0 Å². The molecule has 1 rings (SSSR count). The molecule has 112 valence electrons. The predicted molar refractivity (Wildman–Crippen MR) is 84.2 cm³/mol. The first-order valence-electron chi connectivity index (χ1n) is 7.63. The Hall–Kier alpha value is -1.58. The summed E-state index contributed by atoms with van der Waals surface area (Å²) in [5, 5.41) is 3.34. The normalized spacial score (nSPS) is 10.4. The second-order valence-electron chi connectivity index (χ2n) is 5.09. The van der Waals surface area contributed by atoms with Gasteiger partial charge in [0.25, 0.3) is 5.91 Å². The Morgan fingerprint density at radius 3 is 2.40 bits per heavy atom. The number of anilines is 1. The molecule has 0 aromatic carbocycles. The highest BCUT2D eigenvalue weighted by Gasteiger charge is 2.18. The van der Waals surface area contributed by atoms with Crippen molar-refractivity contribution in [2.45, 2.75) is 47.0 Å². The molecule has 1 N–H and O–H groups in total. The third kappa shape index (κ3) is 4.51. The number of aromatic nitrogens is 1. The molecule has 0 saturated carbocycles. The van der Waals surface area contributed by atoms with Crippen molar-refractivity contribution < 1.29 is 4.79 Å². The van der Waals surface area contributed by atoms with E-state index in [9.17, 15) is 4.79 Å². The predicted octanol–water partition coefficient (Wildman–Crippen LogP) is 3.47. The molecule has 4 nitrogen and oxygen atoms in total. The quantitative estimate of drug-likeness (QED) is 0.791. The van der Waals surface area contributed by atoms with E-state index in [0.717, 1.165) is 50.3 Å². The maximum Gasteiger partial charge on any atom is 0.257 e. The van der Waals surface area contributed by atoms with Gasteiger partial charge in [-0.1, -0.05) is 20.8 Å². The number of nitrogens with one attached hydrogen (secondary N) is 1. The summed E-state index contributed by atoms with van der Waals surface area (Å²) in [7, 11) is 0. The zero-order valence-corrected chi connectivity index (χ0v) is 13.2. The third-order valence-corrected chi connectivity index (χ3v) is 3.11. The first kappa shape index (κ1) is 16.5. The molecular weight excluding hydrogens is 250 g/mol. The molecule has 4 heteroatoms. The van der Waals surface area contributed by atoms with Crippen LogP contribution >= 0.6 is 0 Å². The first-order chi connectivity index (χ1) is 9.63. The Morgan fingerprint density at radius 1 is 1.20 bits per heavy atom. The van der Waals surface area contributed by atoms with Gasteiger partial charge in [0.1, 0.15) is 0 Å². The van der Waals surface area contributed by atoms with Gasteiger partial charge in [-0.25, -0.2) is 0 Å². The van der Waals surface area contributed by atoms with Gasteiger partial charge in [0.15, 0.2) is 0 Å². The Balaban J connectivity index is 2.99. The lowest BCUT2D eigenvalue weighted by Crippen LogP contribution is -2.33. The van der Waals surface area contributed by atoms with Crippen LogP contribution in [0.4, 0.5) is 5.69 Å². The number of aryl methyl sites for hydroxylation is 1. The summed E-state index contributed by atoms with van der Waals surface area (Å²) in [6, 6.07) is 1.96. The van der Waals surface area contributed by atoms with Crippen molar-refractivity contribution in [3.63, 3.8) is 0 Å². The van der Waals surface area contributed by atoms with E-state index >= 15 is 0 Å². The van der Waals surface area contributed by atoms with Crippen molar-refractivity contribution in [2.24, 2.45) is 0 Å². The summed E-state index contributed by atoms with van der Waals surface area (Å²) < 4.78 is 0. The van der Waals surface area contributed by atoms with Crippen LogP contribution in [0.1, 0.15) is 56.1 Å². The van der Waals surface area contributed by atoms with E-state index in [2.05, 4.69) is 31.1 Å². The minimum Gasteiger partial charge on any atom is -0.384 e. The molecule has 1 aromatic heterocycles. The van der Waals surface area contributed by atoms with Crippen molar-refractivity contribution >= 4 is 11.6 Å². The van der Waals surface area contributed by atoms with Crippen LogP contribution in [-0.4, -0.2) is 35.4 Å². The molecule has 0 saturated heterocycles. The molecule has 0 unspecified atom stereocenters. The average molecular weight is 277 g/mol. The molecule has 0 fully saturated rings. The fourth-order valence-electron chi connectivity index (χ4n) is 2.16. The van der Waals surface area contributed by atoms with Crippen molar-refractivity contribution in [3.05, 3.63) is 23.5 Å².